The van der Waals surface area contributed by atoms with Gasteiger partial charge >= 0.3 is 0 Å². The molecule has 0 saturated carbocycles. The van der Waals surface area contributed by atoms with Gasteiger partial charge in [-0.15, -0.1) is 0 Å². The molecule has 0 aliphatic carbocycles. The van der Waals surface area contributed by atoms with E-state index in [1.165, 1.54) is 0 Å². The predicted octanol–water partition coefficient (Wildman–Crippen LogP) is 1.68. The summed E-state index contributed by atoms with van der Waals surface area (Å²) in [7, 11) is 0. The summed E-state index contributed by atoms with van der Waals surface area (Å²) in [6.07, 6.45) is 1.12. The van der Waals surface area contributed by atoms with Crippen molar-refractivity contribution in [3.05, 3.63) is 36.3 Å². The molecular formula is C10H10N2O. The van der Waals surface area contributed by atoms with Crippen LogP contribution in [-0.4, -0.2) is 15.1 Å². The smallest absolute Gasteiger partial charge is 0.157 e. The van der Waals surface area contributed by atoms with Crippen molar-refractivity contribution in [1.82, 2.24) is 9.97 Å². The molecule has 2 rings (SSSR count). The van der Waals surface area contributed by atoms with E-state index in [2.05, 4.69) is 9.97 Å². The van der Waals surface area contributed by atoms with Crippen LogP contribution in [0.1, 0.15) is 18.9 Å². The molecule has 13 heavy (non-hydrogen) atoms. The molecule has 1 heterocycles. The Hall–Kier alpha value is -1.48. The largest absolute Gasteiger partial charge is 0.385 e. The van der Waals surface area contributed by atoms with Gasteiger partial charge in [0.05, 0.1) is 5.52 Å². The molecule has 0 aliphatic heterocycles. The maximum atomic E-state index is 9.26. The van der Waals surface area contributed by atoms with E-state index in [0.717, 1.165) is 10.9 Å². The van der Waals surface area contributed by atoms with Gasteiger partial charge in [0.2, 0.25) is 0 Å². The molecule has 0 unspecified atom stereocenters. The summed E-state index contributed by atoms with van der Waals surface area (Å²) in [5, 5.41) is 10.3. The highest BCUT2D eigenvalue weighted by atomic mass is 16.3. The first-order chi connectivity index (χ1) is 6.27. The maximum Gasteiger partial charge on any atom is 0.157 e. The number of benzene rings is 1. The fraction of sp³-hybridized carbons (Fsp3) is 0.200. The van der Waals surface area contributed by atoms with Gasteiger partial charge in [0.25, 0.3) is 0 Å². The fourth-order valence-corrected chi connectivity index (χ4v) is 1.19. The lowest BCUT2D eigenvalue weighted by Gasteiger charge is -2.03. The Morgan fingerprint density at radius 2 is 2.08 bits per heavy atom. The van der Waals surface area contributed by atoms with E-state index >= 15 is 0 Å². The average molecular weight is 174 g/mol. The molecule has 0 amide bonds. The molecule has 1 atom stereocenters. The zero-order chi connectivity index (χ0) is 9.26. The predicted molar refractivity (Wildman–Crippen MR) is 50.2 cm³/mol. The third-order valence-electron chi connectivity index (χ3n) is 1.88. The van der Waals surface area contributed by atoms with E-state index in [1.807, 2.05) is 24.3 Å². The van der Waals surface area contributed by atoms with Gasteiger partial charge in [0.15, 0.2) is 5.82 Å². The second kappa shape index (κ2) is 3.11. The molecule has 66 valence electrons. The van der Waals surface area contributed by atoms with Crippen LogP contribution >= 0.6 is 0 Å². The zero-order valence-electron chi connectivity index (χ0n) is 7.31. The first kappa shape index (κ1) is 8.13. The van der Waals surface area contributed by atoms with E-state index in [4.69, 9.17) is 0 Å². The van der Waals surface area contributed by atoms with E-state index in [1.54, 1.807) is 13.1 Å². The van der Waals surface area contributed by atoms with Crippen molar-refractivity contribution in [2.24, 2.45) is 0 Å². The van der Waals surface area contributed by atoms with Crippen molar-refractivity contribution in [3.63, 3.8) is 0 Å². The standard InChI is InChI=1S/C10H10N2O/c1-7(13)10-11-6-8-4-2-3-5-9(8)12-10/h2-7,13H,1H3/t7-/m0/s1. The molecule has 3 nitrogen and oxygen atoms in total. The number of nitrogens with zero attached hydrogens (tertiary/aromatic N) is 2. The highest BCUT2D eigenvalue weighted by Gasteiger charge is 2.04. The van der Waals surface area contributed by atoms with Crippen molar-refractivity contribution in [1.29, 1.82) is 0 Å². The molecule has 0 bridgehead atoms. The van der Waals surface area contributed by atoms with Gasteiger partial charge in [-0.3, -0.25) is 0 Å². The number of fused-ring (bicyclic) bond motifs is 1. The minimum atomic E-state index is -0.607. The SMILES string of the molecule is C[C@H](O)c1ncc2ccccc2n1. The van der Waals surface area contributed by atoms with Crippen LogP contribution in [0.4, 0.5) is 0 Å². The summed E-state index contributed by atoms with van der Waals surface area (Å²) in [5.41, 5.74) is 0.869. The van der Waals surface area contributed by atoms with Crippen molar-refractivity contribution >= 4 is 10.9 Å². The number of hydrogen-bond donors (Lipinski definition) is 1. The lowest BCUT2D eigenvalue weighted by molar-refractivity contribution is 0.189. The molecule has 2 aromatic rings. The van der Waals surface area contributed by atoms with Gasteiger partial charge in [-0.2, -0.15) is 0 Å². The highest BCUT2D eigenvalue weighted by Crippen LogP contribution is 2.12. The summed E-state index contributed by atoms with van der Waals surface area (Å²) >= 11 is 0. The Labute approximate surface area is 76.1 Å². The minimum Gasteiger partial charge on any atom is -0.385 e. The van der Waals surface area contributed by atoms with Gasteiger partial charge in [0, 0.05) is 11.6 Å². The van der Waals surface area contributed by atoms with Gasteiger partial charge in [-0.1, -0.05) is 18.2 Å². The van der Waals surface area contributed by atoms with Gasteiger partial charge in [-0.25, -0.2) is 9.97 Å². The zero-order valence-corrected chi connectivity index (χ0v) is 7.31. The second-order valence-corrected chi connectivity index (χ2v) is 2.96. The molecule has 0 fully saturated rings. The molecule has 1 N–H and O–H groups in total. The molecule has 1 aromatic carbocycles. The normalized spacial score (nSPS) is 13.1. The summed E-state index contributed by atoms with van der Waals surface area (Å²) in [5.74, 6) is 0.471. The summed E-state index contributed by atoms with van der Waals surface area (Å²) < 4.78 is 0. The van der Waals surface area contributed by atoms with E-state index in [0.29, 0.717) is 5.82 Å². The Balaban J connectivity index is 2.62. The molecule has 0 spiro atoms. The number of para-hydroxylation sites is 1. The van der Waals surface area contributed by atoms with Gasteiger partial charge in [0.1, 0.15) is 6.10 Å². The number of aliphatic hydroxyl groups excluding tert-OH is 1. The Morgan fingerprint density at radius 3 is 2.85 bits per heavy atom. The van der Waals surface area contributed by atoms with Crippen LogP contribution in [0, 0.1) is 0 Å². The van der Waals surface area contributed by atoms with Crippen LogP contribution in [0.25, 0.3) is 10.9 Å². The molecule has 0 aliphatic rings. The maximum absolute atomic E-state index is 9.26. The van der Waals surface area contributed by atoms with E-state index in [-0.39, 0.29) is 0 Å². The van der Waals surface area contributed by atoms with Crippen LogP contribution in [0.3, 0.4) is 0 Å². The lowest BCUT2D eigenvalue weighted by Crippen LogP contribution is -1.98. The van der Waals surface area contributed by atoms with Crippen LogP contribution in [0.15, 0.2) is 30.5 Å². The highest BCUT2D eigenvalue weighted by molar-refractivity contribution is 5.77. The van der Waals surface area contributed by atoms with Crippen LogP contribution in [-0.2, 0) is 0 Å². The topological polar surface area (TPSA) is 46.0 Å². The molecular weight excluding hydrogens is 164 g/mol. The Kier molecular flexibility index (Phi) is 1.94. The summed E-state index contributed by atoms with van der Waals surface area (Å²) in [6, 6.07) is 7.71. The van der Waals surface area contributed by atoms with E-state index < -0.39 is 6.10 Å². The van der Waals surface area contributed by atoms with E-state index in [9.17, 15) is 5.11 Å². The Morgan fingerprint density at radius 1 is 1.31 bits per heavy atom. The minimum absolute atomic E-state index is 0.471. The van der Waals surface area contributed by atoms with Crippen molar-refractivity contribution in [2.45, 2.75) is 13.0 Å². The van der Waals surface area contributed by atoms with Crippen molar-refractivity contribution in [3.8, 4) is 0 Å². The van der Waals surface area contributed by atoms with Crippen molar-refractivity contribution < 1.29 is 5.11 Å². The monoisotopic (exact) mass is 174 g/mol. The van der Waals surface area contributed by atoms with Gasteiger partial charge in [-0.05, 0) is 13.0 Å². The summed E-state index contributed by atoms with van der Waals surface area (Å²) in [4.78, 5) is 8.26. The first-order valence-corrected chi connectivity index (χ1v) is 4.17. The third-order valence-corrected chi connectivity index (χ3v) is 1.88. The lowest BCUT2D eigenvalue weighted by atomic mass is 10.2. The first-order valence-electron chi connectivity index (χ1n) is 4.17. The number of hydrogen-bond acceptors (Lipinski definition) is 3. The third kappa shape index (κ3) is 1.51. The van der Waals surface area contributed by atoms with Crippen LogP contribution in [0.5, 0.6) is 0 Å². The molecule has 0 saturated heterocycles. The molecule has 0 radical (unpaired) electrons. The van der Waals surface area contributed by atoms with Crippen LogP contribution < -0.4 is 0 Å². The summed E-state index contributed by atoms with van der Waals surface area (Å²) in [6.45, 7) is 1.66. The Bertz CT molecular complexity index is 426. The second-order valence-electron chi connectivity index (χ2n) is 2.96. The van der Waals surface area contributed by atoms with Crippen LogP contribution in [0.2, 0.25) is 0 Å². The molecule has 1 aromatic heterocycles. The molecule has 3 heteroatoms. The van der Waals surface area contributed by atoms with Gasteiger partial charge < -0.3 is 5.11 Å². The quantitative estimate of drug-likeness (QED) is 0.715. The number of aromatic nitrogens is 2. The van der Waals surface area contributed by atoms with Crippen molar-refractivity contribution in [2.75, 3.05) is 0 Å². The number of rotatable bonds is 1. The number of aliphatic hydroxyl groups is 1. The fourth-order valence-electron chi connectivity index (χ4n) is 1.19. The average Bonchev–Trinajstić information content (AvgIpc) is 2.17.